The lowest BCUT2D eigenvalue weighted by atomic mass is 10.0. The summed E-state index contributed by atoms with van der Waals surface area (Å²) in [5.41, 5.74) is -0.105. The Morgan fingerprint density at radius 1 is 1.10 bits per heavy atom. The Morgan fingerprint density at radius 2 is 1.88 bits per heavy atom. The van der Waals surface area contributed by atoms with Crippen LogP contribution in [-0.4, -0.2) is 71.0 Å². The fraction of sp³-hybridized carbons (Fsp3) is 0.486. The van der Waals surface area contributed by atoms with Crippen molar-refractivity contribution in [2.75, 3.05) is 11.9 Å². The van der Waals surface area contributed by atoms with Crippen molar-refractivity contribution in [1.82, 2.24) is 19.9 Å². The van der Waals surface area contributed by atoms with E-state index in [-0.39, 0.29) is 25.3 Å². The molecule has 5 atom stereocenters. The quantitative estimate of drug-likeness (QED) is 0.301. The van der Waals surface area contributed by atoms with Gasteiger partial charge in [-0.3, -0.25) is 19.1 Å². The molecule has 2 aromatic carbocycles. The second kappa shape index (κ2) is 13.0. The lowest BCUT2D eigenvalue weighted by molar-refractivity contribution is -0.140. The number of sulfonamides is 1. The van der Waals surface area contributed by atoms with Crippen LogP contribution in [0.5, 0.6) is 5.19 Å². The second-order valence-electron chi connectivity index (χ2n) is 13.9. The lowest BCUT2D eigenvalue weighted by Gasteiger charge is -2.30. The second-order valence-corrected chi connectivity index (χ2v) is 17.0. The molecule has 3 N–H and O–H groups in total. The normalized spacial score (nSPS) is 28.4. The molecule has 2 saturated carbocycles. The number of para-hydroxylation sites is 1. The number of thiazole rings is 1. The summed E-state index contributed by atoms with van der Waals surface area (Å²) in [7, 11) is -3.95. The van der Waals surface area contributed by atoms with Gasteiger partial charge in [-0.25, -0.2) is 17.8 Å². The van der Waals surface area contributed by atoms with Gasteiger partial charge in [0.15, 0.2) is 0 Å². The van der Waals surface area contributed by atoms with E-state index in [1.54, 1.807) is 19.1 Å². The van der Waals surface area contributed by atoms with E-state index in [4.69, 9.17) is 4.74 Å². The third kappa shape index (κ3) is 6.89. The largest absolute Gasteiger partial charge is 0.465 e. The standard InChI is InChI=1S/C35H40FN5O6S2/c1-34(17-18-34)49(45,46)40-32(44)35-20-22(35)9-5-3-2-4-6-11-27(37-24-15-13-23(36)14-16-24)31(43)41-21-25(19-28(41)30(42)39-35)47-33-38-26-10-7-8-12-29(26)48-33/h5,7-10,12-16,22,25,27-28,37H,2-4,6,11,17-21H2,1H3,(H,39,42)(H,40,44)/t22-,25-,27+,28+,35-/m1/s1. The Kier molecular flexibility index (Phi) is 8.89. The van der Waals surface area contributed by atoms with Crippen molar-refractivity contribution in [3.05, 3.63) is 66.5 Å². The number of carbonyl (C=O) groups excluding carboxylic acids is 3. The zero-order chi connectivity index (χ0) is 34.4. The summed E-state index contributed by atoms with van der Waals surface area (Å²) >= 11 is 1.37. The zero-order valence-corrected chi connectivity index (χ0v) is 28.8. The van der Waals surface area contributed by atoms with Gasteiger partial charge in [-0.05, 0) is 81.8 Å². The Morgan fingerprint density at radius 3 is 2.63 bits per heavy atom. The van der Waals surface area contributed by atoms with Crippen LogP contribution in [0.2, 0.25) is 0 Å². The minimum Gasteiger partial charge on any atom is -0.465 e. The summed E-state index contributed by atoms with van der Waals surface area (Å²) in [6, 6.07) is 11.7. The molecule has 1 aromatic heterocycles. The van der Waals surface area contributed by atoms with Gasteiger partial charge in [0.1, 0.15) is 29.5 Å². The average molecular weight is 710 g/mol. The van der Waals surface area contributed by atoms with Gasteiger partial charge in [-0.1, -0.05) is 48.5 Å². The fourth-order valence-corrected chi connectivity index (χ4v) is 8.93. The first kappa shape index (κ1) is 33.5. The topological polar surface area (TPSA) is 147 Å². The number of carbonyl (C=O) groups is 3. The number of benzene rings is 2. The van der Waals surface area contributed by atoms with Crippen molar-refractivity contribution in [3.63, 3.8) is 0 Å². The van der Waals surface area contributed by atoms with Crippen LogP contribution in [0.1, 0.15) is 64.7 Å². The van der Waals surface area contributed by atoms with Gasteiger partial charge in [0.2, 0.25) is 21.8 Å². The molecule has 7 rings (SSSR count). The third-order valence-electron chi connectivity index (χ3n) is 10.2. The first-order valence-corrected chi connectivity index (χ1v) is 19.2. The van der Waals surface area contributed by atoms with Gasteiger partial charge < -0.3 is 20.3 Å². The molecule has 3 aromatic rings. The fourth-order valence-electron chi connectivity index (χ4n) is 6.74. The Labute approximate surface area is 288 Å². The number of hydrogen-bond donors (Lipinski definition) is 3. The van der Waals surface area contributed by atoms with E-state index in [0.717, 1.165) is 35.9 Å². The Hall–Kier alpha value is -4.04. The van der Waals surface area contributed by atoms with Crippen LogP contribution >= 0.6 is 11.3 Å². The minimum atomic E-state index is -3.95. The first-order valence-electron chi connectivity index (χ1n) is 16.9. The minimum absolute atomic E-state index is 0.101. The van der Waals surface area contributed by atoms with Crippen LogP contribution in [0.15, 0.2) is 60.7 Å². The van der Waals surface area contributed by atoms with Crippen molar-refractivity contribution in [2.45, 2.75) is 93.2 Å². The van der Waals surface area contributed by atoms with Crippen LogP contribution < -0.4 is 20.1 Å². The van der Waals surface area contributed by atoms with Crippen LogP contribution in [-0.2, 0) is 24.4 Å². The van der Waals surface area contributed by atoms with Crippen molar-refractivity contribution in [1.29, 1.82) is 0 Å². The maximum atomic E-state index is 14.4. The number of halogens is 1. The summed E-state index contributed by atoms with van der Waals surface area (Å²) in [5, 5.41) is 6.59. The third-order valence-corrected chi connectivity index (χ3v) is 13.3. The number of allylic oxidation sites excluding steroid dienone is 1. The molecule has 49 heavy (non-hydrogen) atoms. The summed E-state index contributed by atoms with van der Waals surface area (Å²) in [6.07, 6.45) is 8.26. The van der Waals surface area contributed by atoms with E-state index in [1.165, 1.54) is 28.4 Å². The molecule has 0 unspecified atom stereocenters. The number of amides is 3. The van der Waals surface area contributed by atoms with Crippen LogP contribution in [0.25, 0.3) is 10.2 Å². The van der Waals surface area contributed by atoms with Gasteiger partial charge in [0, 0.05) is 18.0 Å². The summed E-state index contributed by atoms with van der Waals surface area (Å²) in [6.45, 7) is 1.70. The van der Waals surface area contributed by atoms with Crippen molar-refractivity contribution in [2.24, 2.45) is 5.92 Å². The molecule has 260 valence electrons. The number of rotatable bonds is 7. The van der Waals surface area contributed by atoms with Crippen LogP contribution in [0.3, 0.4) is 0 Å². The monoisotopic (exact) mass is 709 g/mol. The van der Waals surface area contributed by atoms with Gasteiger partial charge in [-0.15, -0.1) is 0 Å². The maximum Gasteiger partial charge on any atom is 0.274 e. The van der Waals surface area contributed by atoms with Crippen LogP contribution in [0, 0.1) is 11.7 Å². The average Bonchev–Trinajstić information content (AvgIpc) is 3.88. The summed E-state index contributed by atoms with van der Waals surface area (Å²) in [5.74, 6) is -2.42. The molecule has 11 nitrogen and oxygen atoms in total. The lowest BCUT2D eigenvalue weighted by Crippen LogP contribution is -2.58. The highest BCUT2D eigenvalue weighted by Crippen LogP contribution is 2.47. The Balaban J connectivity index is 1.18. The van der Waals surface area contributed by atoms with E-state index in [2.05, 4.69) is 20.3 Å². The first-order chi connectivity index (χ1) is 23.5. The number of nitrogens with zero attached hydrogens (tertiary/aromatic N) is 2. The maximum absolute atomic E-state index is 14.4. The molecular formula is C35H40FN5O6S2. The number of ether oxygens (including phenoxy) is 1. The summed E-state index contributed by atoms with van der Waals surface area (Å²) in [4.78, 5) is 48.5. The molecular weight excluding hydrogens is 670 g/mol. The molecule has 3 amide bonds. The van der Waals surface area contributed by atoms with Gasteiger partial charge in [0.25, 0.3) is 11.1 Å². The van der Waals surface area contributed by atoms with Crippen molar-refractivity contribution < 1.29 is 31.9 Å². The zero-order valence-electron chi connectivity index (χ0n) is 27.2. The number of nitrogens with one attached hydrogen (secondary N) is 3. The summed E-state index contributed by atoms with van der Waals surface area (Å²) < 4.78 is 48.3. The van der Waals surface area contributed by atoms with Crippen molar-refractivity contribution in [3.8, 4) is 5.19 Å². The molecule has 1 saturated heterocycles. The number of fused-ring (bicyclic) bond motifs is 3. The molecule has 3 fully saturated rings. The van der Waals surface area contributed by atoms with Gasteiger partial charge in [0.05, 0.1) is 21.5 Å². The van der Waals surface area contributed by atoms with E-state index in [1.807, 2.05) is 36.4 Å². The van der Waals surface area contributed by atoms with Crippen LogP contribution in [0.4, 0.5) is 10.1 Å². The molecule has 3 heterocycles. The molecule has 14 heteroatoms. The number of anilines is 1. The highest BCUT2D eigenvalue weighted by molar-refractivity contribution is 7.91. The van der Waals surface area contributed by atoms with E-state index in [0.29, 0.717) is 30.1 Å². The highest BCUT2D eigenvalue weighted by atomic mass is 32.2. The highest BCUT2D eigenvalue weighted by Gasteiger charge is 2.63. The van der Waals surface area contributed by atoms with E-state index < -0.39 is 62.0 Å². The van der Waals surface area contributed by atoms with Gasteiger partial charge >= 0.3 is 0 Å². The molecule has 0 radical (unpaired) electrons. The number of aromatic nitrogens is 1. The van der Waals surface area contributed by atoms with E-state index >= 15 is 0 Å². The Bertz CT molecular complexity index is 1860. The molecule has 0 bridgehead atoms. The molecule has 4 aliphatic rings. The number of hydrogen-bond acceptors (Lipinski definition) is 9. The smallest absolute Gasteiger partial charge is 0.274 e. The molecule has 2 aliphatic heterocycles. The SMILES string of the molecule is CC1(S(=O)(=O)NC(=O)[C@@]23C[C@H]2C=CCCCCC[C@H](Nc2ccc(F)cc2)C(=O)N2C[C@H](Oc4nc5ccccc5s4)C[C@H]2C(=O)N3)CC1. The van der Waals surface area contributed by atoms with Gasteiger partial charge in [-0.2, -0.15) is 0 Å². The molecule has 0 spiro atoms. The predicted octanol–water partition coefficient (Wildman–Crippen LogP) is 4.66. The predicted molar refractivity (Wildman–Crippen MR) is 184 cm³/mol. The van der Waals surface area contributed by atoms with E-state index in [9.17, 15) is 27.2 Å². The van der Waals surface area contributed by atoms with Crippen molar-refractivity contribution >= 4 is 55.0 Å². The molecule has 2 aliphatic carbocycles.